The largest absolute Gasteiger partial charge is 0.461 e. The van der Waals surface area contributed by atoms with E-state index < -0.39 is 11.8 Å². The van der Waals surface area contributed by atoms with Crippen molar-refractivity contribution in [2.75, 3.05) is 5.32 Å². The molecule has 28 heavy (non-hydrogen) atoms. The first-order valence-corrected chi connectivity index (χ1v) is 9.50. The summed E-state index contributed by atoms with van der Waals surface area (Å²) in [6, 6.07) is 10.6. The summed E-state index contributed by atoms with van der Waals surface area (Å²) >= 11 is 1.25. The van der Waals surface area contributed by atoms with Crippen LogP contribution in [-0.2, 0) is 16.1 Å². The van der Waals surface area contributed by atoms with Crippen LogP contribution in [0.3, 0.4) is 0 Å². The Hall–Kier alpha value is -3.19. The minimum absolute atomic E-state index is 0.161. The number of carbonyl (C=O) groups excluding carboxylic acids is 3. The molecule has 2 aromatic heterocycles. The third-order valence-corrected chi connectivity index (χ3v) is 5.26. The molecule has 3 rings (SSSR count). The molecule has 3 aromatic rings. The van der Waals surface area contributed by atoms with Gasteiger partial charge in [-0.05, 0) is 56.2 Å². The molecule has 0 spiro atoms. The van der Waals surface area contributed by atoms with Gasteiger partial charge >= 0.3 is 11.8 Å². The number of benzene rings is 1. The van der Waals surface area contributed by atoms with Crippen LogP contribution in [0.15, 0.2) is 47.1 Å². The van der Waals surface area contributed by atoms with Crippen molar-refractivity contribution < 1.29 is 18.8 Å². The zero-order chi connectivity index (χ0) is 20.3. The van der Waals surface area contributed by atoms with Crippen LogP contribution >= 0.6 is 11.3 Å². The van der Waals surface area contributed by atoms with Crippen LogP contribution in [0.4, 0.5) is 5.69 Å². The summed E-state index contributed by atoms with van der Waals surface area (Å²) in [5.41, 5.74) is 3.54. The maximum atomic E-state index is 12.2. The Labute approximate surface area is 166 Å². The smallest absolute Gasteiger partial charge is 0.313 e. The summed E-state index contributed by atoms with van der Waals surface area (Å²) < 4.78 is 5.11. The van der Waals surface area contributed by atoms with Gasteiger partial charge in [0.05, 0.1) is 17.7 Å². The van der Waals surface area contributed by atoms with Gasteiger partial charge in [0, 0.05) is 10.6 Å². The normalized spacial score (nSPS) is 10.5. The zero-order valence-corrected chi connectivity index (χ0v) is 16.6. The Morgan fingerprint density at radius 2 is 1.71 bits per heavy atom. The Balaban J connectivity index is 1.59. The predicted octanol–water partition coefficient (Wildman–Crippen LogP) is 3.75. The van der Waals surface area contributed by atoms with E-state index in [1.165, 1.54) is 17.6 Å². The standard InChI is InChI=1S/C21H20N2O4S/c1-12-9-13(2)18(14(3)10-12)23-21(26)20(25)22-11-15-6-7-17(28-15)19(24)16-5-4-8-27-16/h4-10H,11H2,1-3H3,(H,22,25)(H,23,26). The van der Waals surface area contributed by atoms with Crippen LogP contribution in [0.5, 0.6) is 0 Å². The lowest BCUT2D eigenvalue weighted by molar-refractivity contribution is -0.136. The van der Waals surface area contributed by atoms with Gasteiger partial charge in [0.2, 0.25) is 5.78 Å². The van der Waals surface area contributed by atoms with Gasteiger partial charge in [-0.1, -0.05) is 17.7 Å². The Morgan fingerprint density at radius 1 is 1.00 bits per heavy atom. The van der Waals surface area contributed by atoms with Crippen molar-refractivity contribution in [2.45, 2.75) is 27.3 Å². The summed E-state index contributed by atoms with van der Waals surface area (Å²) in [4.78, 5) is 37.8. The lowest BCUT2D eigenvalue weighted by Crippen LogP contribution is -2.35. The molecule has 0 aliphatic heterocycles. The van der Waals surface area contributed by atoms with Crippen LogP contribution in [0.1, 0.15) is 37.0 Å². The predicted molar refractivity (Wildman–Crippen MR) is 108 cm³/mol. The molecular weight excluding hydrogens is 376 g/mol. The molecule has 0 aliphatic carbocycles. The maximum Gasteiger partial charge on any atom is 0.313 e. The first-order chi connectivity index (χ1) is 13.3. The van der Waals surface area contributed by atoms with Crippen LogP contribution in [0, 0.1) is 20.8 Å². The molecule has 0 saturated carbocycles. The second kappa shape index (κ2) is 8.22. The SMILES string of the molecule is Cc1cc(C)c(NC(=O)C(=O)NCc2ccc(C(=O)c3ccco3)s2)c(C)c1. The molecule has 0 saturated heterocycles. The highest BCUT2D eigenvalue weighted by atomic mass is 32.1. The van der Waals surface area contributed by atoms with Crippen LogP contribution in [0.2, 0.25) is 0 Å². The summed E-state index contributed by atoms with van der Waals surface area (Å²) in [6.45, 7) is 5.91. The minimum Gasteiger partial charge on any atom is -0.461 e. The van der Waals surface area contributed by atoms with Crippen LogP contribution in [0.25, 0.3) is 0 Å². The van der Waals surface area contributed by atoms with E-state index in [1.54, 1.807) is 24.3 Å². The fourth-order valence-corrected chi connectivity index (χ4v) is 3.81. The molecular formula is C21H20N2O4S. The molecule has 2 amide bonds. The highest BCUT2D eigenvalue weighted by Gasteiger charge is 2.18. The number of hydrogen-bond acceptors (Lipinski definition) is 5. The van der Waals surface area contributed by atoms with Gasteiger partial charge in [-0.25, -0.2) is 0 Å². The molecule has 1 aromatic carbocycles. The fourth-order valence-electron chi connectivity index (χ4n) is 2.92. The number of nitrogens with one attached hydrogen (secondary N) is 2. The number of hydrogen-bond donors (Lipinski definition) is 2. The second-order valence-electron chi connectivity index (χ2n) is 6.48. The third-order valence-electron chi connectivity index (χ3n) is 4.18. The highest BCUT2D eigenvalue weighted by Crippen LogP contribution is 2.22. The first-order valence-electron chi connectivity index (χ1n) is 8.69. The molecule has 2 heterocycles. The Kier molecular flexibility index (Phi) is 5.75. The van der Waals surface area contributed by atoms with Crippen molar-refractivity contribution in [2.24, 2.45) is 0 Å². The van der Waals surface area contributed by atoms with E-state index >= 15 is 0 Å². The van der Waals surface area contributed by atoms with E-state index in [0.717, 1.165) is 21.6 Å². The number of aryl methyl sites for hydroxylation is 3. The number of carbonyl (C=O) groups is 3. The topological polar surface area (TPSA) is 88.4 Å². The van der Waals surface area contributed by atoms with Gasteiger partial charge in [-0.3, -0.25) is 14.4 Å². The lowest BCUT2D eigenvalue weighted by atomic mass is 10.1. The third kappa shape index (κ3) is 4.37. The quantitative estimate of drug-likeness (QED) is 0.508. The van der Waals surface area contributed by atoms with Crippen molar-refractivity contribution >= 4 is 34.6 Å². The average molecular weight is 396 g/mol. The van der Waals surface area contributed by atoms with Gasteiger partial charge in [0.1, 0.15) is 0 Å². The van der Waals surface area contributed by atoms with Crippen molar-refractivity contribution in [1.29, 1.82) is 0 Å². The number of anilines is 1. The van der Waals surface area contributed by atoms with Gasteiger partial charge in [-0.2, -0.15) is 0 Å². The van der Waals surface area contributed by atoms with E-state index in [1.807, 2.05) is 32.9 Å². The average Bonchev–Trinajstić information content (AvgIpc) is 3.33. The molecule has 0 fully saturated rings. The van der Waals surface area contributed by atoms with E-state index in [4.69, 9.17) is 4.42 Å². The van der Waals surface area contributed by atoms with E-state index in [-0.39, 0.29) is 18.1 Å². The summed E-state index contributed by atoms with van der Waals surface area (Å²) in [6.07, 6.45) is 1.44. The Morgan fingerprint density at radius 3 is 2.36 bits per heavy atom. The van der Waals surface area contributed by atoms with E-state index in [9.17, 15) is 14.4 Å². The number of amides is 2. The summed E-state index contributed by atoms with van der Waals surface area (Å²) in [5, 5.41) is 5.25. The second-order valence-corrected chi connectivity index (χ2v) is 7.65. The van der Waals surface area contributed by atoms with Crippen molar-refractivity contribution in [1.82, 2.24) is 5.32 Å². The minimum atomic E-state index is -0.730. The van der Waals surface area contributed by atoms with E-state index in [0.29, 0.717) is 10.6 Å². The maximum absolute atomic E-state index is 12.2. The number of thiophene rings is 1. The molecule has 2 N–H and O–H groups in total. The lowest BCUT2D eigenvalue weighted by Gasteiger charge is -2.12. The molecule has 0 atom stereocenters. The Bertz CT molecular complexity index is 1010. The van der Waals surface area contributed by atoms with Gasteiger partial charge in [0.25, 0.3) is 0 Å². The molecule has 0 radical (unpaired) electrons. The van der Waals surface area contributed by atoms with Crippen molar-refractivity contribution in [3.8, 4) is 0 Å². The first kappa shape index (κ1) is 19.6. The van der Waals surface area contributed by atoms with Crippen LogP contribution < -0.4 is 10.6 Å². The number of ketones is 1. The molecule has 0 bridgehead atoms. The van der Waals surface area contributed by atoms with E-state index in [2.05, 4.69) is 10.6 Å². The molecule has 7 heteroatoms. The van der Waals surface area contributed by atoms with Crippen molar-refractivity contribution in [3.05, 3.63) is 74.9 Å². The summed E-state index contributed by atoms with van der Waals surface area (Å²) in [5.74, 6) is -1.40. The summed E-state index contributed by atoms with van der Waals surface area (Å²) in [7, 11) is 0. The van der Waals surface area contributed by atoms with Crippen LogP contribution in [-0.4, -0.2) is 17.6 Å². The van der Waals surface area contributed by atoms with Gasteiger partial charge in [0.15, 0.2) is 5.76 Å². The molecule has 144 valence electrons. The molecule has 0 aliphatic rings. The highest BCUT2D eigenvalue weighted by molar-refractivity contribution is 7.14. The number of furan rings is 1. The van der Waals surface area contributed by atoms with Crippen molar-refractivity contribution in [3.63, 3.8) is 0 Å². The van der Waals surface area contributed by atoms with Gasteiger partial charge in [-0.15, -0.1) is 11.3 Å². The zero-order valence-electron chi connectivity index (χ0n) is 15.8. The number of rotatable bonds is 5. The monoisotopic (exact) mass is 396 g/mol. The molecule has 6 nitrogen and oxygen atoms in total. The fraction of sp³-hybridized carbons (Fsp3) is 0.190. The molecule has 0 unspecified atom stereocenters. The van der Waals surface area contributed by atoms with Gasteiger partial charge < -0.3 is 15.1 Å².